The van der Waals surface area contributed by atoms with E-state index >= 15 is 0 Å². The number of carbonyl (C=O) groups is 1. The summed E-state index contributed by atoms with van der Waals surface area (Å²) in [4.78, 5) is 17.7. The lowest BCUT2D eigenvalue weighted by Gasteiger charge is -2.43. The first-order valence-electron chi connectivity index (χ1n) is 9.42. The number of hydrogen-bond acceptors (Lipinski definition) is 4. The molecular weight excluding hydrogens is 304 g/mol. The summed E-state index contributed by atoms with van der Waals surface area (Å²) in [7, 11) is 0. The zero-order valence-corrected chi connectivity index (χ0v) is 14.6. The first-order valence-corrected chi connectivity index (χ1v) is 9.42. The molecular formula is C19H28N2O3. The van der Waals surface area contributed by atoms with Gasteiger partial charge < -0.3 is 14.1 Å². The Balaban J connectivity index is 1.50. The van der Waals surface area contributed by atoms with Gasteiger partial charge in [0, 0.05) is 39.2 Å². The summed E-state index contributed by atoms with van der Waals surface area (Å²) in [5, 5.41) is 0. The predicted octanol–water partition coefficient (Wildman–Crippen LogP) is 2.45. The molecule has 0 radical (unpaired) electrons. The number of hydrogen-bond donors (Lipinski definition) is 0. The first-order chi connectivity index (χ1) is 11.7. The van der Waals surface area contributed by atoms with Crippen LogP contribution < -0.4 is 0 Å². The summed E-state index contributed by atoms with van der Waals surface area (Å²) in [6.07, 6.45) is 5.12. The number of ether oxygens (including phenoxy) is 1. The minimum absolute atomic E-state index is 0.102. The van der Waals surface area contributed by atoms with Gasteiger partial charge >= 0.3 is 0 Å². The van der Waals surface area contributed by atoms with Crippen LogP contribution >= 0.6 is 0 Å². The van der Waals surface area contributed by atoms with Gasteiger partial charge in [-0.25, -0.2) is 0 Å². The molecule has 24 heavy (non-hydrogen) atoms. The molecule has 132 valence electrons. The van der Waals surface area contributed by atoms with E-state index < -0.39 is 0 Å². The molecule has 0 bridgehead atoms. The van der Waals surface area contributed by atoms with Crippen molar-refractivity contribution in [3.63, 3.8) is 0 Å². The average Bonchev–Trinajstić information content (AvgIpc) is 3.34. The van der Waals surface area contributed by atoms with Crippen LogP contribution in [0.15, 0.2) is 16.5 Å². The van der Waals surface area contributed by atoms with E-state index in [0.29, 0.717) is 5.91 Å². The van der Waals surface area contributed by atoms with E-state index in [1.54, 1.807) is 0 Å². The molecule has 4 heterocycles. The smallest absolute Gasteiger partial charge is 0.232 e. The van der Waals surface area contributed by atoms with Crippen molar-refractivity contribution in [2.24, 2.45) is 5.41 Å². The molecule has 3 saturated heterocycles. The van der Waals surface area contributed by atoms with Crippen LogP contribution in [0, 0.1) is 5.41 Å². The largest absolute Gasteiger partial charge is 0.465 e. The Kier molecular flexibility index (Phi) is 4.39. The third kappa shape index (κ3) is 2.78. The maximum Gasteiger partial charge on any atom is 0.232 e. The number of piperidine rings is 1. The molecule has 0 saturated carbocycles. The Labute approximate surface area is 143 Å². The fourth-order valence-electron chi connectivity index (χ4n) is 4.62. The van der Waals surface area contributed by atoms with Gasteiger partial charge in [-0.1, -0.05) is 6.92 Å². The highest BCUT2D eigenvalue weighted by molar-refractivity contribution is 5.84. The number of furan rings is 1. The van der Waals surface area contributed by atoms with Crippen LogP contribution in [-0.4, -0.2) is 54.6 Å². The molecule has 4 rings (SSSR count). The van der Waals surface area contributed by atoms with Gasteiger partial charge in [0.25, 0.3) is 0 Å². The lowest BCUT2D eigenvalue weighted by Crippen LogP contribution is -2.57. The fourth-order valence-corrected chi connectivity index (χ4v) is 4.62. The van der Waals surface area contributed by atoms with Crippen LogP contribution in [0.4, 0.5) is 0 Å². The van der Waals surface area contributed by atoms with Crippen LogP contribution in [0.3, 0.4) is 0 Å². The number of amides is 1. The summed E-state index contributed by atoms with van der Waals surface area (Å²) < 4.78 is 11.8. The van der Waals surface area contributed by atoms with Gasteiger partial charge in [-0.05, 0) is 37.8 Å². The maximum absolute atomic E-state index is 13.2. The van der Waals surface area contributed by atoms with Gasteiger partial charge in [-0.2, -0.15) is 0 Å². The van der Waals surface area contributed by atoms with E-state index in [0.717, 1.165) is 83.0 Å². The highest BCUT2D eigenvalue weighted by atomic mass is 16.5. The third-order valence-corrected chi connectivity index (χ3v) is 5.96. The Bertz CT molecular complexity index is 593. The Hall–Kier alpha value is -1.33. The summed E-state index contributed by atoms with van der Waals surface area (Å²) in [5.74, 6) is 2.38. The summed E-state index contributed by atoms with van der Waals surface area (Å²) in [5.41, 5.74) is -0.331. The number of carbonyl (C=O) groups excluding carboxylic acids is 1. The normalized spacial score (nSPS) is 30.7. The zero-order chi connectivity index (χ0) is 16.6. The van der Waals surface area contributed by atoms with E-state index in [1.165, 1.54) is 0 Å². The van der Waals surface area contributed by atoms with Crippen molar-refractivity contribution < 1.29 is 13.9 Å². The van der Waals surface area contributed by atoms with Gasteiger partial charge in [0.1, 0.15) is 11.5 Å². The molecule has 0 N–H and O–H groups in total. The summed E-state index contributed by atoms with van der Waals surface area (Å²) >= 11 is 0. The van der Waals surface area contributed by atoms with E-state index in [1.807, 2.05) is 0 Å². The molecule has 1 aromatic rings. The SMILES string of the molecule is CCc1ccc(CN2CC[C@H]3OCC[C@@]3(C(=O)N3CCCC3)C2)o1. The van der Waals surface area contributed by atoms with Crippen LogP contribution in [0.2, 0.25) is 0 Å². The minimum atomic E-state index is -0.331. The monoisotopic (exact) mass is 332 g/mol. The van der Waals surface area contributed by atoms with Crippen molar-refractivity contribution in [1.82, 2.24) is 9.80 Å². The maximum atomic E-state index is 13.2. The van der Waals surface area contributed by atoms with Gasteiger partial charge in [0.15, 0.2) is 0 Å². The second-order valence-electron chi connectivity index (χ2n) is 7.49. The quantitative estimate of drug-likeness (QED) is 0.850. The van der Waals surface area contributed by atoms with Crippen molar-refractivity contribution >= 4 is 5.91 Å². The highest BCUT2D eigenvalue weighted by Gasteiger charge is 2.54. The molecule has 5 heteroatoms. The van der Waals surface area contributed by atoms with Crippen molar-refractivity contribution in [2.45, 2.75) is 51.7 Å². The second-order valence-corrected chi connectivity index (χ2v) is 7.49. The van der Waals surface area contributed by atoms with Crippen LogP contribution in [0.5, 0.6) is 0 Å². The zero-order valence-electron chi connectivity index (χ0n) is 14.6. The van der Waals surface area contributed by atoms with Gasteiger partial charge in [0.2, 0.25) is 5.91 Å². The number of aryl methyl sites for hydroxylation is 1. The second kappa shape index (κ2) is 6.52. The summed E-state index contributed by atoms with van der Waals surface area (Å²) in [6, 6.07) is 4.14. The predicted molar refractivity (Wildman–Crippen MR) is 90.6 cm³/mol. The van der Waals surface area contributed by atoms with Crippen molar-refractivity contribution in [3.8, 4) is 0 Å². The Morgan fingerprint density at radius 2 is 2.04 bits per heavy atom. The van der Waals surface area contributed by atoms with Crippen LogP contribution in [-0.2, 0) is 22.5 Å². The molecule has 0 aliphatic carbocycles. The number of fused-ring (bicyclic) bond motifs is 1. The molecule has 0 spiro atoms. The molecule has 3 aliphatic rings. The van der Waals surface area contributed by atoms with Crippen LogP contribution in [0.1, 0.15) is 44.1 Å². The Morgan fingerprint density at radius 1 is 1.25 bits per heavy atom. The molecule has 0 unspecified atom stereocenters. The molecule has 2 atom stereocenters. The average molecular weight is 332 g/mol. The summed E-state index contributed by atoms with van der Waals surface area (Å²) in [6.45, 7) is 7.24. The first kappa shape index (κ1) is 16.2. The molecule has 1 aromatic heterocycles. The fraction of sp³-hybridized carbons (Fsp3) is 0.737. The third-order valence-electron chi connectivity index (χ3n) is 5.96. The van der Waals surface area contributed by atoms with Gasteiger partial charge in [-0.15, -0.1) is 0 Å². The number of likely N-dealkylation sites (tertiary alicyclic amines) is 2. The lowest BCUT2D eigenvalue weighted by atomic mass is 9.75. The number of rotatable bonds is 4. The van der Waals surface area contributed by atoms with Crippen LogP contribution in [0.25, 0.3) is 0 Å². The lowest BCUT2D eigenvalue weighted by molar-refractivity contribution is -0.149. The highest BCUT2D eigenvalue weighted by Crippen LogP contribution is 2.43. The number of nitrogens with zero attached hydrogens (tertiary/aromatic N) is 2. The molecule has 3 aliphatic heterocycles. The van der Waals surface area contributed by atoms with E-state index in [-0.39, 0.29) is 11.5 Å². The van der Waals surface area contributed by atoms with Gasteiger partial charge in [-0.3, -0.25) is 9.69 Å². The topological polar surface area (TPSA) is 45.9 Å². The molecule has 5 nitrogen and oxygen atoms in total. The Morgan fingerprint density at radius 3 is 2.79 bits per heavy atom. The van der Waals surface area contributed by atoms with Crippen molar-refractivity contribution in [2.75, 3.05) is 32.8 Å². The molecule has 1 amide bonds. The van der Waals surface area contributed by atoms with Crippen molar-refractivity contribution in [1.29, 1.82) is 0 Å². The minimum Gasteiger partial charge on any atom is -0.465 e. The van der Waals surface area contributed by atoms with E-state index in [9.17, 15) is 4.79 Å². The standard InChI is InChI=1S/C19H28N2O3/c1-2-15-5-6-16(24-15)13-20-11-7-17-19(14-20,8-12-23-17)18(22)21-9-3-4-10-21/h5-6,17H,2-4,7-14H2,1H3/t17-,19-/m1/s1. The van der Waals surface area contributed by atoms with Crippen molar-refractivity contribution in [3.05, 3.63) is 23.7 Å². The van der Waals surface area contributed by atoms with E-state index in [4.69, 9.17) is 9.15 Å². The molecule has 0 aromatic carbocycles. The molecule has 3 fully saturated rings. The van der Waals surface area contributed by atoms with E-state index in [2.05, 4.69) is 28.9 Å². The van der Waals surface area contributed by atoms with Gasteiger partial charge in [0.05, 0.1) is 18.1 Å².